The van der Waals surface area contributed by atoms with Crippen molar-refractivity contribution in [3.63, 3.8) is 0 Å². The van der Waals surface area contributed by atoms with Crippen LogP contribution in [0.5, 0.6) is 0 Å². The number of aryl methyl sites for hydroxylation is 1. The highest BCUT2D eigenvalue weighted by Crippen LogP contribution is 2.30. The number of carboxylic acids is 1. The van der Waals surface area contributed by atoms with Gasteiger partial charge in [-0.25, -0.2) is 4.79 Å². The SMILES string of the molecule is CCN(CC)C(C)(C(=O)O)c1ccccc1C. The van der Waals surface area contributed by atoms with Crippen LogP contribution in [-0.4, -0.2) is 29.1 Å². The third-order valence-corrected chi connectivity index (χ3v) is 3.48. The molecule has 0 aliphatic carbocycles. The van der Waals surface area contributed by atoms with Crippen molar-refractivity contribution in [1.29, 1.82) is 0 Å². The van der Waals surface area contributed by atoms with E-state index in [1.165, 1.54) is 0 Å². The predicted octanol–water partition coefficient (Wildman–Crippen LogP) is 2.64. The van der Waals surface area contributed by atoms with Crippen LogP contribution in [0.25, 0.3) is 0 Å². The van der Waals surface area contributed by atoms with E-state index in [9.17, 15) is 9.90 Å². The summed E-state index contributed by atoms with van der Waals surface area (Å²) in [4.78, 5) is 13.7. The minimum Gasteiger partial charge on any atom is -0.480 e. The van der Waals surface area contributed by atoms with Crippen LogP contribution in [0.1, 0.15) is 31.9 Å². The van der Waals surface area contributed by atoms with E-state index >= 15 is 0 Å². The Kier molecular flexibility index (Phi) is 4.29. The van der Waals surface area contributed by atoms with Crippen LogP contribution in [0.4, 0.5) is 0 Å². The summed E-state index contributed by atoms with van der Waals surface area (Å²) in [5.74, 6) is -0.796. The Morgan fingerprint density at radius 3 is 2.24 bits per heavy atom. The second kappa shape index (κ2) is 5.32. The molecule has 1 atom stereocenters. The lowest BCUT2D eigenvalue weighted by Crippen LogP contribution is -2.50. The van der Waals surface area contributed by atoms with Gasteiger partial charge in [0.15, 0.2) is 0 Å². The van der Waals surface area contributed by atoms with Crippen molar-refractivity contribution in [2.45, 2.75) is 33.2 Å². The molecule has 17 heavy (non-hydrogen) atoms. The maximum atomic E-state index is 11.7. The van der Waals surface area contributed by atoms with Gasteiger partial charge in [0.1, 0.15) is 5.54 Å². The van der Waals surface area contributed by atoms with Crippen molar-refractivity contribution in [3.8, 4) is 0 Å². The first-order chi connectivity index (χ1) is 7.98. The number of nitrogens with zero attached hydrogens (tertiary/aromatic N) is 1. The maximum Gasteiger partial charge on any atom is 0.328 e. The summed E-state index contributed by atoms with van der Waals surface area (Å²) in [5.41, 5.74) is 0.940. The highest BCUT2D eigenvalue weighted by molar-refractivity contribution is 5.80. The number of hydrogen-bond acceptors (Lipinski definition) is 2. The van der Waals surface area contributed by atoms with Crippen LogP contribution in [0.15, 0.2) is 24.3 Å². The highest BCUT2D eigenvalue weighted by atomic mass is 16.4. The Morgan fingerprint density at radius 2 is 1.82 bits per heavy atom. The van der Waals surface area contributed by atoms with Crippen LogP contribution in [0, 0.1) is 6.92 Å². The Morgan fingerprint density at radius 1 is 1.29 bits per heavy atom. The van der Waals surface area contributed by atoms with Crippen molar-refractivity contribution < 1.29 is 9.90 Å². The van der Waals surface area contributed by atoms with E-state index in [1.807, 2.05) is 49.9 Å². The van der Waals surface area contributed by atoms with Crippen LogP contribution < -0.4 is 0 Å². The van der Waals surface area contributed by atoms with Gasteiger partial charge in [-0.3, -0.25) is 4.90 Å². The lowest BCUT2D eigenvalue weighted by Gasteiger charge is -2.37. The summed E-state index contributed by atoms with van der Waals surface area (Å²) in [5, 5.41) is 9.60. The molecule has 1 aromatic carbocycles. The average molecular weight is 235 g/mol. The van der Waals surface area contributed by atoms with E-state index in [1.54, 1.807) is 6.92 Å². The highest BCUT2D eigenvalue weighted by Gasteiger charge is 2.40. The van der Waals surface area contributed by atoms with Crippen molar-refractivity contribution in [1.82, 2.24) is 4.90 Å². The standard InChI is InChI=1S/C14H21NO2/c1-5-15(6-2)14(4,13(16)17)12-10-8-7-9-11(12)3/h7-10H,5-6H2,1-4H3,(H,16,17). The molecule has 1 unspecified atom stereocenters. The Labute approximate surface area is 103 Å². The van der Waals surface area contributed by atoms with Gasteiger partial charge < -0.3 is 5.11 Å². The van der Waals surface area contributed by atoms with Crippen molar-refractivity contribution >= 4 is 5.97 Å². The zero-order chi connectivity index (χ0) is 13.1. The fourth-order valence-corrected chi connectivity index (χ4v) is 2.40. The Hall–Kier alpha value is -1.35. The molecule has 94 valence electrons. The minimum atomic E-state index is -0.950. The van der Waals surface area contributed by atoms with Crippen LogP contribution in [0.2, 0.25) is 0 Å². The summed E-state index contributed by atoms with van der Waals surface area (Å²) in [6, 6.07) is 7.69. The molecule has 0 heterocycles. The zero-order valence-electron chi connectivity index (χ0n) is 11.0. The molecule has 3 heteroatoms. The second-order valence-corrected chi connectivity index (χ2v) is 4.36. The van der Waals surface area contributed by atoms with E-state index in [-0.39, 0.29) is 0 Å². The number of carbonyl (C=O) groups is 1. The Bertz CT molecular complexity index is 399. The van der Waals surface area contributed by atoms with E-state index in [0.717, 1.165) is 11.1 Å². The molecule has 1 rings (SSSR count). The first-order valence-electron chi connectivity index (χ1n) is 6.03. The second-order valence-electron chi connectivity index (χ2n) is 4.36. The molecule has 0 saturated carbocycles. The molecule has 0 radical (unpaired) electrons. The lowest BCUT2D eigenvalue weighted by atomic mass is 9.87. The minimum absolute atomic E-state index is 0.716. The molecular formula is C14H21NO2. The summed E-state index contributed by atoms with van der Waals surface area (Å²) >= 11 is 0. The molecule has 0 aliphatic heterocycles. The first-order valence-corrected chi connectivity index (χ1v) is 6.03. The van der Waals surface area contributed by atoms with Gasteiger partial charge in [0, 0.05) is 0 Å². The monoisotopic (exact) mass is 235 g/mol. The number of benzene rings is 1. The fourth-order valence-electron chi connectivity index (χ4n) is 2.40. The molecule has 0 bridgehead atoms. The largest absolute Gasteiger partial charge is 0.480 e. The summed E-state index contributed by atoms with van der Waals surface area (Å²) < 4.78 is 0. The van der Waals surface area contributed by atoms with Crippen molar-refractivity contribution in [2.24, 2.45) is 0 Å². The van der Waals surface area contributed by atoms with Gasteiger partial charge in [0.05, 0.1) is 0 Å². The van der Waals surface area contributed by atoms with Gasteiger partial charge in [-0.15, -0.1) is 0 Å². The van der Waals surface area contributed by atoms with E-state index in [2.05, 4.69) is 0 Å². The fraction of sp³-hybridized carbons (Fsp3) is 0.500. The normalized spacial score (nSPS) is 14.6. The summed E-state index contributed by atoms with van der Waals surface area (Å²) in [7, 11) is 0. The van der Waals surface area contributed by atoms with Gasteiger partial charge in [0.25, 0.3) is 0 Å². The van der Waals surface area contributed by atoms with Gasteiger partial charge in [0.2, 0.25) is 0 Å². The molecule has 0 saturated heterocycles. The third kappa shape index (κ3) is 2.34. The Balaban J connectivity index is 3.35. The lowest BCUT2D eigenvalue weighted by molar-refractivity contribution is -0.151. The molecule has 0 amide bonds. The molecule has 0 spiro atoms. The van der Waals surface area contributed by atoms with Gasteiger partial charge in [-0.05, 0) is 38.1 Å². The van der Waals surface area contributed by atoms with Gasteiger partial charge in [-0.2, -0.15) is 0 Å². The molecule has 3 nitrogen and oxygen atoms in total. The average Bonchev–Trinajstić information content (AvgIpc) is 2.30. The molecular weight excluding hydrogens is 214 g/mol. The topological polar surface area (TPSA) is 40.5 Å². The molecule has 0 aliphatic rings. The molecule has 0 fully saturated rings. The molecule has 1 N–H and O–H groups in total. The van der Waals surface area contributed by atoms with Crippen LogP contribution in [0.3, 0.4) is 0 Å². The number of carboxylic acid groups (broad SMARTS) is 1. The number of likely N-dealkylation sites (N-methyl/N-ethyl adjacent to an activating group) is 1. The third-order valence-electron chi connectivity index (χ3n) is 3.48. The predicted molar refractivity (Wildman–Crippen MR) is 69.1 cm³/mol. The first kappa shape index (κ1) is 13.7. The van der Waals surface area contributed by atoms with E-state index in [0.29, 0.717) is 13.1 Å². The van der Waals surface area contributed by atoms with Crippen molar-refractivity contribution in [2.75, 3.05) is 13.1 Å². The van der Waals surface area contributed by atoms with E-state index < -0.39 is 11.5 Å². The number of rotatable bonds is 5. The number of hydrogen-bond donors (Lipinski definition) is 1. The molecule has 0 aromatic heterocycles. The van der Waals surface area contributed by atoms with E-state index in [4.69, 9.17) is 0 Å². The summed E-state index contributed by atoms with van der Waals surface area (Å²) in [6.07, 6.45) is 0. The van der Waals surface area contributed by atoms with Crippen molar-refractivity contribution in [3.05, 3.63) is 35.4 Å². The van der Waals surface area contributed by atoms with Crippen LogP contribution in [-0.2, 0) is 10.3 Å². The van der Waals surface area contributed by atoms with Gasteiger partial charge >= 0.3 is 5.97 Å². The summed E-state index contributed by atoms with van der Waals surface area (Å²) in [6.45, 7) is 9.15. The zero-order valence-corrected chi connectivity index (χ0v) is 11.0. The molecule has 1 aromatic rings. The maximum absolute atomic E-state index is 11.7. The van der Waals surface area contributed by atoms with Gasteiger partial charge in [-0.1, -0.05) is 38.1 Å². The number of aliphatic carboxylic acids is 1. The van der Waals surface area contributed by atoms with Crippen LogP contribution >= 0.6 is 0 Å². The quantitative estimate of drug-likeness (QED) is 0.853. The smallest absolute Gasteiger partial charge is 0.328 e.